The van der Waals surface area contributed by atoms with Crippen LogP contribution in [0.15, 0.2) is 12.7 Å². The Hall–Kier alpha value is -0.880. The van der Waals surface area contributed by atoms with Crippen molar-refractivity contribution in [2.75, 3.05) is 25.6 Å². The third-order valence-electron chi connectivity index (χ3n) is 1.90. The fourth-order valence-electron chi connectivity index (χ4n) is 1.03. The van der Waals surface area contributed by atoms with Crippen LogP contribution in [0.25, 0.3) is 0 Å². The average Bonchev–Trinajstić information content (AvgIpc) is 2.12. The van der Waals surface area contributed by atoms with Gasteiger partial charge in [-0.2, -0.15) is 0 Å². The number of carbonyl (C=O) groups is 1. The fourth-order valence-corrected chi connectivity index (χ4v) is 1.71. The first-order valence-electron chi connectivity index (χ1n) is 4.57. The number of carbonyl (C=O) groups excluding carboxylic acids is 1. The minimum absolute atomic E-state index is 0.0676. The van der Waals surface area contributed by atoms with E-state index in [1.807, 2.05) is 0 Å². The second-order valence-electron chi connectivity index (χ2n) is 3.53. The van der Waals surface area contributed by atoms with E-state index in [0.717, 1.165) is 6.26 Å². The summed E-state index contributed by atoms with van der Waals surface area (Å²) in [7, 11) is -1.46. The summed E-state index contributed by atoms with van der Waals surface area (Å²) in [5, 5.41) is 0. The van der Waals surface area contributed by atoms with Crippen LogP contribution in [-0.4, -0.2) is 50.9 Å². The Morgan fingerprint density at radius 1 is 1.60 bits per heavy atom. The van der Waals surface area contributed by atoms with Gasteiger partial charge in [0, 0.05) is 19.8 Å². The number of amides is 1. The van der Waals surface area contributed by atoms with Gasteiger partial charge in [-0.25, -0.2) is 8.42 Å². The molecule has 1 unspecified atom stereocenters. The standard InChI is InChI=1S/C9H18N2O3S/c1-4-6-11(2)9(12)8(10)5-7-15(3,13)14/h4,8H,1,5-7,10H2,2-3H3. The van der Waals surface area contributed by atoms with Crippen molar-refractivity contribution in [3.05, 3.63) is 12.7 Å². The molecule has 5 nitrogen and oxygen atoms in total. The molecule has 1 amide bonds. The molecule has 88 valence electrons. The van der Waals surface area contributed by atoms with Gasteiger partial charge in [-0.15, -0.1) is 6.58 Å². The minimum Gasteiger partial charge on any atom is -0.341 e. The van der Waals surface area contributed by atoms with E-state index in [2.05, 4.69) is 6.58 Å². The van der Waals surface area contributed by atoms with E-state index >= 15 is 0 Å². The number of nitrogens with two attached hydrogens (primary N) is 1. The molecule has 6 heteroatoms. The smallest absolute Gasteiger partial charge is 0.239 e. The number of nitrogens with zero attached hydrogens (tertiary/aromatic N) is 1. The number of hydrogen-bond acceptors (Lipinski definition) is 4. The lowest BCUT2D eigenvalue weighted by atomic mass is 10.2. The lowest BCUT2D eigenvalue weighted by molar-refractivity contribution is -0.130. The summed E-state index contributed by atoms with van der Waals surface area (Å²) in [6.07, 6.45) is 2.86. The molecule has 0 radical (unpaired) electrons. The minimum atomic E-state index is -3.06. The molecule has 0 heterocycles. The van der Waals surface area contributed by atoms with Crippen molar-refractivity contribution in [2.24, 2.45) is 5.73 Å². The molecule has 0 bridgehead atoms. The van der Waals surface area contributed by atoms with E-state index in [-0.39, 0.29) is 18.1 Å². The summed E-state index contributed by atoms with van der Waals surface area (Å²) in [6.45, 7) is 3.91. The van der Waals surface area contributed by atoms with Gasteiger partial charge in [-0.3, -0.25) is 4.79 Å². The van der Waals surface area contributed by atoms with Crippen LogP contribution in [0.5, 0.6) is 0 Å². The summed E-state index contributed by atoms with van der Waals surface area (Å²) in [4.78, 5) is 12.9. The summed E-state index contributed by atoms with van der Waals surface area (Å²) >= 11 is 0. The molecule has 0 aromatic heterocycles. The Morgan fingerprint density at radius 3 is 2.53 bits per heavy atom. The third-order valence-corrected chi connectivity index (χ3v) is 2.87. The third kappa shape index (κ3) is 6.24. The van der Waals surface area contributed by atoms with Crippen molar-refractivity contribution >= 4 is 15.7 Å². The molecule has 0 aliphatic carbocycles. The molecular weight excluding hydrogens is 216 g/mol. The Kier molecular flexibility index (Phi) is 5.53. The maximum atomic E-state index is 11.5. The van der Waals surface area contributed by atoms with Gasteiger partial charge in [-0.05, 0) is 6.42 Å². The average molecular weight is 234 g/mol. The number of rotatable bonds is 6. The van der Waals surface area contributed by atoms with Gasteiger partial charge in [0.2, 0.25) is 5.91 Å². The summed E-state index contributed by atoms with van der Waals surface area (Å²) in [5.74, 6) is -0.333. The van der Waals surface area contributed by atoms with Crippen LogP contribution in [0.3, 0.4) is 0 Å². The maximum absolute atomic E-state index is 11.5. The molecular formula is C9H18N2O3S. The summed E-state index contributed by atoms with van der Waals surface area (Å²) < 4.78 is 21.7. The molecule has 2 N–H and O–H groups in total. The van der Waals surface area contributed by atoms with Crippen molar-refractivity contribution in [2.45, 2.75) is 12.5 Å². The zero-order chi connectivity index (χ0) is 12.1. The van der Waals surface area contributed by atoms with E-state index < -0.39 is 15.9 Å². The normalized spacial score (nSPS) is 13.3. The van der Waals surface area contributed by atoms with E-state index in [0.29, 0.717) is 6.54 Å². The predicted octanol–water partition coefficient (Wildman–Crippen LogP) is -0.607. The van der Waals surface area contributed by atoms with E-state index in [4.69, 9.17) is 5.73 Å². The predicted molar refractivity (Wildman–Crippen MR) is 60.1 cm³/mol. The van der Waals surface area contributed by atoms with Gasteiger partial charge in [0.1, 0.15) is 9.84 Å². The van der Waals surface area contributed by atoms with Crippen LogP contribution in [0.2, 0.25) is 0 Å². The Morgan fingerprint density at radius 2 is 2.13 bits per heavy atom. The largest absolute Gasteiger partial charge is 0.341 e. The Balaban J connectivity index is 4.15. The van der Waals surface area contributed by atoms with Gasteiger partial charge >= 0.3 is 0 Å². The summed E-state index contributed by atoms with van der Waals surface area (Å²) in [6, 6.07) is -0.760. The van der Waals surface area contributed by atoms with Crippen LogP contribution < -0.4 is 5.73 Å². The van der Waals surface area contributed by atoms with Crippen LogP contribution in [0.4, 0.5) is 0 Å². The van der Waals surface area contributed by atoms with Crippen molar-refractivity contribution < 1.29 is 13.2 Å². The van der Waals surface area contributed by atoms with Crippen molar-refractivity contribution in [3.63, 3.8) is 0 Å². The maximum Gasteiger partial charge on any atom is 0.239 e. The molecule has 0 rings (SSSR count). The molecule has 0 spiro atoms. The topological polar surface area (TPSA) is 80.5 Å². The Bertz CT molecular complexity index is 324. The molecule has 0 aromatic rings. The molecule has 0 fully saturated rings. The zero-order valence-corrected chi connectivity index (χ0v) is 9.96. The highest BCUT2D eigenvalue weighted by Crippen LogP contribution is 1.98. The van der Waals surface area contributed by atoms with Gasteiger partial charge in [0.25, 0.3) is 0 Å². The molecule has 0 aliphatic rings. The zero-order valence-electron chi connectivity index (χ0n) is 9.14. The first-order valence-corrected chi connectivity index (χ1v) is 6.63. The number of hydrogen-bond donors (Lipinski definition) is 1. The molecule has 1 atom stereocenters. The molecule has 0 saturated carbocycles. The lowest BCUT2D eigenvalue weighted by Crippen LogP contribution is -2.42. The quantitative estimate of drug-likeness (QED) is 0.622. The highest BCUT2D eigenvalue weighted by atomic mass is 32.2. The highest BCUT2D eigenvalue weighted by Gasteiger charge is 2.18. The van der Waals surface area contributed by atoms with Crippen LogP contribution >= 0.6 is 0 Å². The lowest BCUT2D eigenvalue weighted by Gasteiger charge is -2.19. The van der Waals surface area contributed by atoms with Crippen LogP contribution in [0, 0.1) is 0 Å². The van der Waals surface area contributed by atoms with Crippen molar-refractivity contribution in [1.29, 1.82) is 0 Å². The first kappa shape index (κ1) is 14.1. The van der Waals surface area contributed by atoms with E-state index in [9.17, 15) is 13.2 Å². The van der Waals surface area contributed by atoms with Crippen LogP contribution in [0.1, 0.15) is 6.42 Å². The monoisotopic (exact) mass is 234 g/mol. The van der Waals surface area contributed by atoms with E-state index in [1.54, 1.807) is 13.1 Å². The van der Waals surface area contributed by atoms with Gasteiger partial charge in [0.05, 0.1) is 11.8 Å². The van der Waals surface area contributed by atoms with Crippen LogP contribution in [-0.2, 0) is 14.6 Å². The summed E-state index contributed by atoms with van der Waals surface area (Å²) in [5.41, 5.74) is 5.57. The van der Waals surface area contributed by atoms with Crippen molar-refractivity contribution in [1.82, 2.24) is 4.90 Å². The van der Waals surface area contributed by atoms with Gasteiger partial charge in [-0.1, -0.05) is 6.08 Å². The Labute approximate surface area is 90.9 Å². The number of likely N-dealkylation sites (N-methyl/N-ethyl adjacent to an activating group) is 1. The second-order valence-corrected chi connectivity index (χ2v) is 5.79. The highest BCUT2D eigenvalue weighted by molar-refractivity contribution is 7.90. The van der Waals surface area contributed by atoms with E-state index in [1.165, 1.54) is 4.90 Å². The SMILES string of the molecule is C=CCN(C)C(=O)C(N)CCS(C)(=O)=O. The molecule has 0 saturated heterocycles. The number of sulfone groups is 1. The second kappa shape index (κ2) is 5.87. The first-order chi connectivity index (χ1) is 6.78. The van der Waals surface area contributed by atoms with Crippen molar-refractivity contribution in [3.8, 4) is 0 Å². The van der Waals surface area contributed by atoms with Gasteiger partial charge in [0.15, 0.2) is 0 Å². The molecule has 0 aliphatic heterocycles. The van der Waals surface area contributed by atoms with Gasteiger partial charge < -0.3 is 10.6 Å². The molecule has 0 aromatic carbocycles. The molecule has 15 heavy (non-hydrogen) atoms. The fraction of sp³-hybridized carbons (Fsp3) is 0.667.